The largest absolute Gasteiger partial charge is 0.312 e. The lowest BCUT2D eigenvalue weighted by Gasteiger charge is -2.17. The maximum Gasteiger partial charge on any atom is 0.0342 e. The highest BCUT2D eigenvalue weighted by Gasteiger charge is 2.09. The van der Waals surface area contributed by atoms with Crippen LogP contribution in [-0.2, 0) is 13.0 Å². The number of thiophene rings is 1. The molecule has 1 aliphatic rings. The monoisotopic (exact) mass is 215 g/mol. The van der Waals surface area contributed by atoms with Gasteiger partial charge in [0.15, 0.2) is 0 Å². The smallest absolute Gasteiger partial charge is 0.0342 e. The van der Waals surface area contributed by atoms with Crippen LogP contribution in [0.25, 0.3) is 10.4 Å². The van der Waals surface area contributed by atoms with Gasteiger partial charge >= 0.3 is 0 Å². The van der Waals surface area contributed by atoms with E-state index in [0.717, 1.165) is 19.5 Å². The van der Waals surface area contributed by atoms with Crippen molar-refractivity contribution in [2.75, 3.05) is 6.54 Å². The molecule has 1 N–H and O–H groups in total. The second-order valence-electron chi connectivity index (χ2n) is 3.89. The molecule has 2 heteroatoms. The Morgan fingerprint density at radius 2 is 2.13 bits per heavy atom. The van der Waals surface area contributed by atoms with Crippen LogP contribution < -0.4 is 5.32 Å². The maximum atomic E-state index is 3.40. The molecule has 0 spiro atoms. The summed E-state index contributed by atoms with van der Waals surface area (Å²) >= 11 is 1.81. The van der Waals surface area contributed by atoms with Gasteiger partial charge in [0, 0.05) is 11.4 Å². The number of benzene rings is 1. The van der Waals surface area contributed by atoms with Crippen LogP contribution in [0.15, 0.2) is 35.7 Å². The number of fused-ring (bicyclic) bond motifs is 1. The molecule has 2 aromatic rings. The van der Waals surface area contributed by atoms with Crippen molar-refractivity contribution in [2.24, 2.45) is 0 Å². The van der Waals surface area contributed by atoms with E-state index in [2.05, 4.69) is 41.0 Å². The second kappa shape index (κ2) is 3.80. The van der Waals surface area contributed by atoms with Crippen molar-refractivity contribution in [3.8, 4) is 10.4 Å². The van der Waals surface area contributed by atoms with Crippen molar-refractivity contribution in [2.45, 2.75) is 13.0 Å². The Kier molecular flexibility index (Phi) is 2.31. The Labute approximate surface area is 93.8 Å². The van der Waals surface area contributed by atoms with Gasteiger partial charge < -0.3 is 5.32 Å². The number of nitrogens with one attached hydrogen (secondary N) is 1. The summed E-state index contributed by atoms with van der Waals surface area (Å²) in [5.41, 5.74) is 4.34. The minimum absolute atomic E-state index is 1.03. The molecule has 2 heterocycles. The molecular formula is C13H13NS. The molecule has 0 unspecified atom stereocenters. The highest BCUT2D eigenvalue weighted by atomic mass is 32.1. The van der Waals surface area contributed by atoms with Gasteiger partial charge in [-0.05, 0) is 47.2 Å². The molecule has 1 aromatic heterocycles. The van der Waals surface area contributed by atoms with Gasteiger partial charge in [-0.1, -0.05) is 18.2 Å². The average Bonchev–Trinajstić information content (AvgIpc) is 2.82. The Morgan fingerprint density at radius 3 is 3.00 bits per heavy atom. The Morgan fingerprint density at radius 1 is 1.13 bits per heavy atom. The third-order valence-electron chi connectivity index (χ3n) is 2.90. The molecule has 1 aromatic carbocycles. The zero-order valence-corrected chi connectivity index (χ0v) is 9.31. The highest BCUT2D eigenvalue weighted by molar-refractivity contribution is 7.13. The summed E-state index contributed by atoms with van der Waals surface area (Å²) < 4.78 is 0. The minimum atomic E-state index is 1.03. The lowest BCUT2D eigenvalue weighted by molar-refractivity contribution is 0.644. The molecule has 76 valence electrons. The van der Waals surface area contributed by atoms with Crippen molar-refractivity contribution in [3.63, 3.8) is 0 Å². The summed E-state index contributed by atoms with van der Waals surface area (Å²) in [4.78, 5) is 1.37. The van der Waals surface area contributed by atoms with Crippen LogP contribution >= 0.6 is 11.3 Å². The third kappa shape index (κ3) is 1.71. The molecule has 1 nitrogen and oxygen atoms in total. The van der Waals surface area contributed by atoms with E-state index in [1.54, 1.807) is 0 Å². The van der Waals surface area contributed by atoms with Crippen LogP contribution in [0.4, 0.5) is 0 Å². The summed E-state index contributed by atoms with van der Waals surface area (Å²) in [5.74, 6) is 0. The Hall–Kier alpha value is -1.12. The van der Waals surface area contributed by atoms with Crippen molar-refractivity contribution in [3.05, 3.63) is 46.8 Å². The van der Waals surface area contributed by atoms with E-state index in [-0.39, 0.29) is 0 Å². The fourth-order valence-electron chi connectivity index (χ4n) is 2.07. The van der Waals surface area contributed by atoms with Gasteiger partial charge in [0.25, 0.3) is 0 Å². The quantitative estimate of drug-likeness (QED) is 0.771. The predicted molar refractivity (Wildman–Crippen MR) is 65.2 cm³/mol. The van der Waals surface area contributed by atoms with Gasteiger partial charge in [-0.3, -0.25) is 0 Å². The van der Waals surface area contributed by atoms with Gasteiger partial charge in [0.1, 0.15) is 0 Å². The first-order valence-electron chi connectivity index (χ1n) is 5.30. The molecule has 0 amide bonds. The van der Waals surface area contributed by atoms with Gasteiger partial charge in [0.05, 0.1) is 0 Å². The molecule has 0 aliphatic carbocycles. The summed E-state index contributed by atoms with van der Waals surface area (Å²) in [6, 6.07) is 11.1. The van der Waals surface area contributed by atoms with Crippen LogP contribution in [0.5, 0.6) is 0 Å². The maximum absolute atomic E-state index is 3.40. The molecule has 0 saturated heterocycles. The van der Waals surface area contributed by atoms with Crippen molar-refractivity contribution < 1.29 is 0 Å². The predicted octanol–water partition coefficient (Wildman–Crippen LogP) is 3.06. The first kappa shape index (κ1) is 9.13. The molecular weight excluding hydrogens is 202 g/mol. The molecule has 0 saturated carbocycles. The lowest BCUT2D eigenvalue weighted by Crippen LogP contribution is -2.23. The fraction of sp³-hybridized carbons (Fsp3) is 0.231. The average molecular weight is 215 g/mol. The van der Waals surface area contributed by atoms with E-state index in [0.29, 0.717) is 0 Å². The summed E-state index contributed by atoms with van der Waals surface area (Å²) in [7, 11) is 0. The molecule has 0 radical (unpaired) electrons. The van der Waals surface area contributed by atoms with E-state index in [9.17, 15) is 0 Å². The van der Waals surface area contributed by atoms with Crippen molar-refractivity contribution >= 4 is 11.3 Å². The van der Waals surface area contributed by atoms with Gasteiger partial charge in [-0.15, -0.1) is 11.3 Å². The van der Waals surface area contributed by atoms with Crippen molar-refractivity contribution in [1.82, 2.24) is 5.32 Å². The summed E-state index contributed by atoms with van der Waals surface area (Å²) in [6.45, 7) is 2.14. The first-order valence-corrected chi connectivity index (χ1v) is 6.18. The normalized spacial score (nSPS) is 14.9. The van der Waals surface area contributed by atoms with Crippen LogP contribution in [0.2, 0.25) is 0 Å². The van der Waals surface area contributed by atoms with E-state index in [1.807, 2.05) is 11.3 Å². The number of hydrogen-bond acceptors (Lipinski definition) is 2. The molecule has 3 rings (SSSR count). The Balaban J connectivity index is 2.04. The topological polar surface area (TPSA) is 12.0 Å². The summed E-state index contributed by atoms with van der Waals surface area (Å²) in [5, 5.41) is 5.53. The van der Waals surface area contributed by atoms with E-state index in [1.165, 1.54) is 21.6 Å². The summed E-state index contributed by atoms with van der Waals surface area (Å²) in [6.07, 6.45) is 1.16. The fourth-order valence-corrected chi connectivity index (χ4v) is 2.80. The highest BCUT2D eigenvalue weighted by Crippen LogP contribution is 2.27. The standard InChI is InChI=1S/C13H13NS/c1-2-13(15-7-1)11-3-4-12-9-14-6-5-10(12)8-11/h1-4,7-8,14H,5-6,9H2. The lowest BCUT2D eigenvalue weighted by atomic mass is 9.98. The second-order valence-corrected chi connectivity index (χ2v) is 4.84. The third-order valence-corrected chi connectivity index (χ3v) is 3.82. The molecule has 0 fully saturated rings. The zero-order valence-electron chi connectivity index (χ0n) is 8.49. The van der Waals surface area contributed by atoms with Gasteiger partial charge in [0.2, 0.25) is 0 Å². The number of rotatable bonds is 1. The Bertz CT molecular complexity index is 459. The van der Waals surface area contributed by atoms with E-state index in [4.69, 9.17) is 0 Å². The molecule has 0 bridgehead atoms. The molecule has 0 atom stereocenters. The van der Waals surface area contributed by atoms with E-state index >= 15 is 0 Å². The number of hydrogen-bond donors (Lipinski definition) is 1. The van der Waals surface area contributed by atoms with Crippen LogP contribution in [-0.4, -0.2) is 6.54 Å². The van der Waals surface area contributed by atoms with Crippen LogP contribution in [0.1, 0.15) is 11.1 Å². The minimum Gasteiger partial charge on any atom is -0.312 e. The first-order chi connectivity index (χ1) is 7.43. The molecule has 1 aliphatic heterocycles. The zero-order chi connectivity index (χ0) is 10.1. The molecule has 15 heavy (non-hydrogen) atoms. The van der Waals surface area contributed by atoms with Crippen molar-refractivity contribution in [1.29, 1.82) is 0 Å². The van der Waals surface area contributed by atoms with E-state index < -0.39 is 0 Å². The SMILES string of the molecule is c1csc(-c2ccc3c(c2)CCNC3)c1. The van der Waals surface area contributed by atoms with Gasteiger partial charge in [-0.2, -0.15) is 0 Å². The van der Waals surface area contributed by atoms with Gasteiger partial charge in [-0.25, -0.2) is 0 Å². The van der Waals surface area contributed by atoms with Crippen LogP contribution in [0.3, 0.4) is 0 Å². The van der Waals surface area contributed by atoms with Crippen LogP contribution in [0, 0.1) is 0 Å².